The van der Waals surface area contributed by atoms with Crippen LogP contribution in [-0.2, 0) is 0 Å². The average molecular weight is 206 g/mol. The molecule has 48 valence electrons. The SMILES string of the molecule is C[Se]c1ccc(Cl)cc1. The molecule has 0 aromatic heterocycles. The van der Waals surface area contributed by atoms with Crippen molar-refractivity contribution in [3.05, 3.63) is 29.3 Å². The van der Waals surface area contributed by atoms with Gasteiger partial charge in [-0.05, 0) is 0 Å². The normalized spacial score (nSPS) is 9.56. The molecule has 0 aliphatic rings. The quantitative estimate of drug-likeness (QED) is 0.613. The number of rotatable bonds is 1. The van der Waals surface area contributed by atoms with E-state index in [2.05, 4.69) is 18.0 Å². The first-order chi connectivity index (χ1) is 4.33. The molecule has 0 amide bonds. The van der Waals surface area contributed by atoms with Gasteiger partial charge in [0.25, 0.3) is 0 Å². The summed E-state index contributed by atoms with van der Waals surface area (Å²) in [4.78, 5) is 0. The van der Waals surface area contributed by atoms with Crippen LogP contribution in [0.15, 0.2) is 24.3 Å². The van der Waals surface area contributed by atoms with Gasteiger partial charge in [-0.25, -0.2) is 0 Å². The summed E-state index contributed by atoms with van der Waals surface area (Å²) in [6.07, 6.45) is 0. The van der Waals surface area contributed by atoms with Gasteiger partial charge in [-0.3, -0.25) is 0 Å². The van der Waals surface area contributed by atoms with E-state index in [9.17, 15) is 0 Å². The summed E-state index contributed by atoms with van der Waals surface area (Å²) in [5.41, 5.74) is 0. The Balaban J connectivity index is 2.88. The third-order valence-electron chi connectivity index (χ3n) is 1.05. The Morgan fingerprint density at radius 3 is 2.22 bits per heavy atom. The average Bonchev–Trinajstić information content (AvgIpc) is 1.90. The Morgan fingerprint density at radius 2 is 1.78 bits per heavy atom. The molecular weight excluding hydrogens is 198 g/mol. The molecule has 0 radical (unpaired) electrons. The molecule has 1 aromatic rings. The summed E-state index contributed by atoms with van der Waals surface area (Å²) in [5.74, 6) is 2.19. The monoisotopic (exact) mass is 206 g/mol. The van der Waals surface area contributed by atoms with Gasteiger partial charge in [0.15, 0.2) is 0 Å². The van der Waals surface area contributed by atoms with Crippen LogP contribution in [0.4, 0.5) is 0 Å². The fourth-order valence-corrected chi connectivity index (χ4v) is 1.55. The van der Waals surface area contributed by atoms with Gasteiger partial charge in [0.05, 0.1) is 0 Å². The van der Waals surface area contributed by atoms with E-state index in [0.717, 1.165) is 5.02 Å². The number of benzene rings is 1. The fourth-order valence-electron chi connectivity index (χ4n) is 0.571. The van der Waals surface area contributed by atoms with Crippen molar-refractivity contribution in [2.75, 3.05) is 0 Å². The van der Waals surface area contributed by atoms with Crippen molar-refractivity contribution < 1.29 is 0 Å². The molecule has 9 heavy (non-hydrogen) atoms. The maximum atomic E-state index is 5.68. The van der Waals surface area contributed by atoms with E-state index >= 15 is 0 Å². The minimum absolute atomic E-state index is 0.602. The topological polar surface area (TPSA) is 0 Å². The first-order valence-corrected chi connectivity index (χ1v) is 5.57. The predicted octanol–water partition coefficient (Wildman–Crippen LogP) is 1.72. The zero-order valence-corrected chi connectivity index (χ0v) is 7.56. The Morgan fingerprint density at radius 1 is 1.22 bits per heavy atom. The van der Waals surface area contributed by atoms with Crippen LogP contribution in [0.2, 0.25) is 10.8 Å². The fraction of sp³-hybridized carbons (Fsp3) is 0.143. The molecule has 0 bridgehead atoms. The van der Waals surface area contributed by atoms with Gasteiger partial charge < -0.3 is 0 Å². The molecule has 0 aliphatic heterocycles. The molecule has 0 saturated heterocycles. The first-order valence-electron chi connectivity index (χ1n) is 2.62. The van der Waals surface area contributed by atoms with E-state index in [1.807, 2.05) is 12.1 Å². The van der Waals surface area contributed by atoms with Crippen molar-refractivity contribution in [2.24, 2.45) is 0 Å². The van der Waals surface area contributed by atoms with Crippen LogP contribution in [0.5, 0.6) is 0 Å². The van der Waals surface area contributed by atoms with Crippen LogP contribution < -0.4 is 4.46 Å². The number of hydrogen-bond acceptors (Lipinski definition) is 0. The van der Waals surface area contributed by atoms with Gasteiger partial charge in [-0.15, -0.1) is 0 Å². The van der Waals surface area contributed by atoms with Crippen molar-refractivity contribution >= 4 is 31.0 Å². The molecular formula is C7H7ClSe. The zero-order chi connectivity index (χ0) is 6.69. The van der Waals surface area contributed by atoms with E-state index in [-0.39, 0.29) is 0 Å². The summed E-state index contributed by atoms with van der Waals surface area (Å²) in [6, 6.07) is 8.01. The molecule has 0 aliphatic carbocycles. The Kier molecular flexibility index (Phi) is 2.59. The molecule has 2 heteroatoms. The third kappa shape index (κ3) is 2.02. The van der Waals surface area contributed by atoms with Crippen molar-refractivity contribution in [3.63, 3.8) is 0 Å². The second-order valence-electron chi connectivity index (χ2n) is 1.66. The Hall–Kier alpha value is 0.0295. The van der Waals surface area contributed by atoms with Crippen molar-refractivity contribution in [3.8, 4) is 0 Å². The second kappa shape index (κ2) is 3.26. The third-order valence-corrected chi connectivity index (χ3v) is 2.86. The summed E-state index contributed by atoms with van der Waals surface area (Å²) in [6.45, 7) is 0. The minimum atomic E-state index is 0.602. The Labute approximate surface area is 66.4 Å². The first kappa shape index (κ1) is 7.14. The molecule has 0 fully saturated rings. The van der Waals surface area contributed by atoms with Gasteiger partial charge in [-0.2, -0.15) is 0 Å². The van der Waals surface area contributed by atoms with Gasteiger partial charge in [0.2, 0.25) is 0 Å². The molecule has 0 nitrogen and oxygen atoms in total. The second-order valence-corrected chi connectivity index (χ2v) is 3.94. The molecule has 0 saturated carbocycles. The van der Waals surface area contributed by atoms with E-state index < -0.39 is 0 Å². The van der Waals surface area contributed by atoms with Crippen LogP contribution in [0.1, 0.15) is 0 Å². The molecule has 0 unspecified atom stereocenters. The standard InChI is InChI=1S/C7H7ClSe/c1-9-7-4-2-6(8)3-5-7/h2-5H,1H3. The number of hydrogen-bond donors (Lipinski definition) is 0. The van der Waals surface area contributed by atoms with Crippen molar-refractivity contribution in [2.45, 2.75) is 5.82 Å². The predicted molar refractivity (Wildman–Crippen MR) is 42.7 cm³/mol. The van der Waals surface area contributed by atoms with Gasteiger partial charge in [-0.1, -0.05) is 0 Å². The van der Waals surface area contributed by atoms with Crippen LogP contribution >= 0.6 is 11.6 Å². The van der Waals surface area contributed by atoms with Gasteiger partial charge in [0.1, 0.15) is 0 Å². The van der Waals surface area contributed by atoms with Crippen LogP contribution in [0.25, 0.3) is 0 Å². The number of halogens is 1. The molecule has 0 N–H and O–H groups in total. The summed E-state index contributed by atoms with van der Waals surface area (Å²) >= 11 is 6.28. The van der Waals surface area contributed by atoms with E-state index in [1.165, 1.54) is 4.46 Å². The summed E-state index contributed by atoms with van der Waals surface area (Å²) in [7, 11) is 0. The van der Waals surface area contributed by atoms with Crippen molar-refractivity contribution in [1.82, 2.24) is 0 Å². The molecule has 1 aromatic carbocycles. The molecule has 0 heterocycles. The van der Waals surface area contributed by atoms with E-state index in [4.69, 9.17) is 11.6 Å². The summed E-state index contributed by atoms with van der Waals surface area (Å²) < 4.78 is 1.40. The molecule has 1 rings (SSSR count). The Bertz CT molecular complexity index is 181. The molecule has 0 atom stereocenters. The summed E-state index contributed by atoms with van der Waals surface area (Å²) in [5, 5.41) is 0.822. The van der Waals surface area contributed by atoms with Crippen molar-refractivity contribution in [1.29, 1.82) is 0 Å². The van der Waals surface area contributed by atoms with Crippen LogP contribution in [0, 0.1) is 0 Å². The maximum absolute atomic E-state index is 5.68. The van der Waals surface area contributed by atoms with Gasteiger partial charge >= 0.3 is 66.1 Å². The van der Waals surface area contributed by atoms with Crippen LogP contribution in [0.3, 0.4) is 0 Å². The van der Waals surface area contributed by atoms with E-state index in [0.29, 0.717) is 15.0 Å². The van der Waals surface area contributed by atoms with E-state index in [1.54, 1.807) is 0 Å². The van der Waals surface area contributed by atoms with Crippen LogP contribution in [-0.4, -0.2) is 15.0 Å². The van der Waals surface area contributed by atoms with Gasteiger partial charge in [0, 0.05) is 0 Å². The molecule has 0 spiro atoms. The zero-order valence-electron chi connectivity index (χ0n) is 5.10.